The molecule has 3 aromatic rings. The first-order valence-corrected chi connectivity index (χ1v) is 10.6. The van der Waals surface area contributed by atoms with Crippen LogP contribution in [-0.4, -0.2) is 16.8 Å². The van der Waals surface area contributed by atoms with E-state index < -0.39 is 5.92 Å². The first-order valence-electron chi connectivity index (χ1n) is 9.78. The summed E-state index contributed by atoms with van der Waals surface area (Å²) < 4.78 is 18.2. The summed E-state index contributed by atoms with van der Waals surface area (Å²) in [4.78, 5) is 0. The second kappa shape index (κ2) is 8.74. The number of aromatic nitrogens is 2. The fourth-order valence-electron chi connectivity index (χ4n) is 3.62. The Bertz CT molecular complexity index is 1180. The SMILES string of the molecule is CCOc1cc([C@H]2C(C#N)=C(N)Oc3n[nH]c(C)c32)cc(Br)c1OCc1ccccc1. The average Bonchev–Trinajstić information content (AvgIpc) is 3.13. The number of nitrogens with zero attached hydrogens (tertiary/aromatic N) is 2. The van der Waals surface area contributed by atoms with Crippen LogP contribution in [0.4, 0.5) is 0 Å². The van der Waals surface area contributed by atoms with Gasteiger partial charge in [-0.25, -0.2) is 0 Å². The standard InChI is InChI=1S/C23H21BrN4O3/c1-3-29-18-10-15(9-17(24)21(18)30-12-14-7-5-4-6-8-14)20-16(11-25)22(26)31-23-19(20)13(2)27-28-23/h4-10,20H,3,12,26H2,1-2H3,(H,27,28)/t20-/m0/s1. The number of aromatic amines is 1. The van der Waals surface area contributed by atoms with Crippen molar-refractivity contribution < 1.29 is 14.2 Å². The number of nitrogens with two attached hydrogens (primary N) is 1. The molecule has 3 N–H and O–H groups in total. The maximum atomic E-state index is 9.79. The van der Waals surface area contributed by atoms with Crippen LogP contribution in [0.1, 0.15) is 35.2 Å². The summed E-state index contributed by atoms with van der Waals surface area (Å²) in [5.74, 6) is 1.16. The van der Waals surface area contributed by atoms with Crippen LogP contribution >= 0.6 is 15.9 Å². The Kier molecular flexibility index (Phi) is 5.87. The van der Waals surface area contributed by atoms with E-state index in [1.807, 2.05) is 56.3 Å². The summed E-state index contributed by atoms with van der Waals surface area (Å²) in [5.41, 5.74) is 9.80. The third-order valence-corrected chi connectivity index (χ3v) is 5.61. The van der Waals surface area contributed by atoms with Crippen molar-refractivity contribution in [3.63, 3.8) is 0 Å². The second-order valence-corrected chi connectivity index (χ2v) is 7.88. The fourth-order valence-corrected chi connectivity index (χ4v) is 4.19. The van der Waals surface area contributed by atoms with E-state index in [-0.39, 0.29) is 5.88 Å². The molecule has 1 atom stereocenters. The van der Waals surface area contributed by atoms with Gasteiger partial charge < -0.3 is 19.9 Å². The van der Waals surface area contributed by atoms with Gasteiger partial charge in [-0.3, -0.25) is 5.10 Å². The molecule has 1 aliphatic heterocycles. The van der Waals surface area contributed by atoms with Crippen molar-refractivity contribution in [1.29, 1.82) is 5.26 Å². The highest BCUT2D eigenvalue weighted by atomic mass is 79.9. The zero-order valence-electron chi connectivity index (χ0n) is 17.1. The Labute approximate surface area is 188 Å². The minimum absolute atomic E-state index is 0.0463. The van der Waals surface area contributed by atoms with Gasteiger partial charge in [-0.2, -0.15) is 5.26 Å². The van der Waals surface area contributed by atoms with Crippen LogP contribution in [0, 0.1) is 18.3 Å². The highest BCUT2D eigenvalue weighted by Crippen LogP contribution is 2.46. The summed E-state index contributed by atoms with van der Waals surface area (Å²) in [5, 5.41) is 16.9. The van der Waals surface area contributed by atoms with E-state index in [9.17, 15) is 5.26 Å². The number of fused-ring (bicyclic) bond motifs is 1. The van der Waals surface area contributed by atoms with Crippen LogP contribution in [0.3, 0.4) is 0 Å². The number of rotatable bonds is 6. The van der Waals surface area contributed by atoms with Crippen LogP contribution in [0.15, 0.2) is 58.4 Å². The van der Waals surface area contributed by atoms with Crippen LogP contribution < -0.4 is 19.9 Å². The number of nitriles is 1. The molecule has 2 heterocycles. The number of benzene rings is 2. The highest BCUT2D eigenvalue weighted by Gasteiger charge is 2.35. The lowest BCUT2D eigenvalue weighted by atomic mass is 9.84. The Morgan fingerprint density at radius 1 is 1.26 bits per heavy atom. The monoisotopic (exact) mass is 480 g/mol. The molecule has 0 amide bonds. The second-order valence-electron chi connectivity index (χ2n) is 7.03. The van der Waals surface area contributed by atoms with Gasteiger partial charge in [0, 0.05) is 11.3 Å². The smallest absolute Gasteiger partial charge is 0.244 e. The van der Waals surface area contributed by atoms with Gasteiger partial charge >= 0.3 is 0 Å². The lowest BCUT2D eigenvalue weighted by molar-refractivity contribution is 0.267. The summed E-state index contributed by atoms with van der Waals surface area (Å²) in [6.07, 6.45) is 0. The molecule has 2 aromatic carbocycles. The maximum Gasteiger partial charge on any atom is 0.244 e. The van der Waals surface area contributed by atoms with Gasteiger partial charge in [-0.05, 0) is 53.0 Å². The van der Waals surface area contributed by atoms with Crippen molar-refractivity contribution in [2.75, 3.05) is 6.61 Å². The molecule has 0 saturated heterocycles. The van der Waals surface area contributed by atoms with E-state index >= 15 is 0 Å². The molecule has 0 aliphatic carbocycles. The maximum absolute atomic E-state index is 9.79. The number of hydrogen-bond donors (Lipinski definition) is 2. The molecular formula is C23H21BrN4O3. The molecule has 0 spiro atoms. The van der Waals surface area contributed by atoms with E-state index in [0.717, 1.165) is 26.9 Å². The van der Waals surface area contributed by atoms with Crippen molar-refractivity contribution in [1.82, 2.24) is 10.2 Å². The molecule has 31 heavy (non-hydrogen) atoms. The number of allylic oxidation sites excluding steroid dienone is 1. The molecule has 0 saturated carbocycles. The van der Waals surface area contributed by atoms with Gasteiger partial charge in [0.25, 0.3) is 0 Å². The predicted molar refractivity (Wildman–Crippen MR) is 119 cm³/mol. The number of aryl methyl sites for hydroxylation is 1. The number of H-pyrrole nitrogens is 1. The number of halogens is 1. The Morgan fingerprint density at radius 2 is 2.03 bits per heavy atom. The number of nitrogens with one attached hydrogen (secondary N) is 1. The van der Waals surface area contributed by atoms with Crippen molar-refractivity contribution >= 4 is 15.9 Å². The number of ether oxygens (including phenoxy) is 3. The summed E-state index contributed by atoms with van der Waals surface area (Å²) >= 11 is 3.62. The molecule has 0 bridgehead atoms. The average molecular weight is 481 g/mol. The van der Waals surface area contributed by atoms with Crippen LogP contribution in [0.5, 0.6) is 17.4 Å². The molecule has 1 aromatic heterocycles. The van der Waals surface area contributed by atoms with E-state index in [2.05, 4.69) is 32.2 Å². The van der Waals surface area contributed by atoms with Gasteiger partial charge in [-0.1, -0.05) is 30.3 Å². The van der Waals surface area contributed by atoms with Gasteiger partial charge in [0.15, 0.2) is 11.5 Å². The molecular weight excluding hydrogens is 460 g/mol. The van der Waals surface area contributed by atoms with Gasteiger partial charge in [-0.15, -0.1) is 5.10 Å². The minimum Gasteiger partial charge on any atom is -0.490 e. The van der Waals surface area contributed by atoms with Gasteiger partial charge in [0.1, 0.15) is 18.2 Å². The summed E-state index contributed by atoms with van der Waals surface area (Å²) in [7, 11) is 0. The molecule has 7 nitrogen and oxygen atoms in total. The molecule has 8 heteroatoms. The third-order valence-electron chi connectivity index (χ3n) is 5.02. The molecule has 4 rings (SSSR count). The largest absolute Gasteiger partial charge is 0.490 e. The Hall–Kier alpha value is -3.44. The Balaban J connectivity index is 1.77. The fraction of sp³-hybridized carbons (Fsp3) is 0.217. The zero-order valence-corrected chi connectivity index (χ0v) is 18.7. The zero-order chi connectivity index (χ0) is 22.0. The summed E-state index contributed by atoms with van der Waals surface area (Å²) in [6.45, 7) is 4.66. The van der Waals surface area contributed by atoms with Crippen molar-refractivity contribution in [3.05, 3.63) is 80.8 Å². The van der Waals surface area contributed by atoms with Gasteiger partial charge in [0.2, 0.25) is 11.8 Å². The highest BCUT2D eigenvalue weighted by molar-refractivity contribution is 9.10. The van der Waals surface area contributed by atoms with E-state index in [0.29, 0.717) is 36.2 Å². The molecule has 0 radical (unpaired) electrons. The Morgan fingerprint density at radius 3 is 2.74 bits per heavy atom. The first-order chi connectivity index (χ1) is 15.0. The lowest BCUT2D eigenvalue weighted by Gasteiger charge is -2.25. The normalized spacial score (nSPS) is 15.1. The first kappa shape index (κ1) is 20.8. The summed E-state index contributed by atoms with van der Waals surface area (Å²) in [6, 6.07) is 15.9. The van der Waals surface area contributed by atoms with Crippen LogP contribution in [-0.2, 0) is 6.61 Å². The molecule has 158 valence electrons. The number of hydrogen-bond acceptors (Lipinski definition) is 6. The quantitative estimate of drug-likeness (QED) is 0.530. The van der Waals surface area contributed by atoms with Crippen molar-refractivity contribution in [2.24, 2.45) is 5.73 Å². The lowest BCUT2D eigenvalue weighted by Crippen LogP contribution is -2.21. The molecule has 1 aliphatic rings. The van der Waals surface area contributed by atoms with Crippen LogP contribution in [0.25, 0.3) is 0 Å². The molecule has 0 fully saturated rings. The predicted octanol–water partition coefficient (Wildman–Crippen LogP) is 4.68. The van der Waals surface area contributed by atoms with Crippen molar-refractivity contribution in [3.8, 4) is 23.4 Å². The van der Waals surface area contributed by atoms with Crippen LogP contribution in [0.2, 0.25) is 0 Å². The van der Waals surface area contributed by atoms with Crippen molar-refractivity contribution in [2.45, 2.75) is 26.4 Å². The molecule has 0 unspecified atom stereocenters. The van der Waals surface area contributed by atoms with E-state index in [1.165, 1.54) is 0 Å². The van der Waals surface area contributed by atoms with Gasteiger partial charge in [0.05, 0.1) is 17.0 Å². The van der Waals surface area contributed by atoms with E-state index in [1.54, 1.807) is 0 Å². The topological polar surface area (TPSA) is 106 Å². The van der Waals surface area contributed by atoms with E-state index in [4.69, 9.17) is 19.9 Å². The third kappa shape index (κ3) is 3.97. The minimum atomic E-state index is -0.439.